The lowest BCUT2D eigenvalue weighted by Gasteiger charge is -2.23. The number of nitrogens with zero attached hydrogens (tertiary/aromatic N) is 2. The van der Waals surface area contributed by atoms with Crippen molar-refractivity contribution in [2.24, 2.45) is 0 Å². The molecule has 1 aliphatic carbocycles. The summed E-state index contributed by atoms with van der Waals surface area (Å²) in [6.07, 6.45) is 14.5. The molecule has 1 unspecified atom stereocenters. The highest BCUT2D eigenvalue weighted by Crippen LogP contribution is 2.31. The van der Waals surface area contributed by atoms with Crippen LogP contribution < -0.4 is 9.47 Å². The Morgan fingerprint density at radius 2 is 2.14 bits per heavy atom. The van der Waals surface area contributed by atoms with Crippen molar-refractivity contribution in [3.8, 4) is 11.5 Å². The smallest absolute Gasteiger partial charge is 0.417 e. The number of carbonyl (C=O) groups excluding carboxylic acids is 1. The number of fused-ring (bicyclic) bond motifs is 1. The zero-order chi connectivity index (χ0) is 24.0. The van der Waals surface area contributed by atoms with Crippen molar-refractivity contribution in [3.05, 3.63) is 78.4 Å². The maximum absolute atomic E-state index is 12.5. The molecule has 0 spiro atoms. The number of hydrogen-bond donors (Lipinski definition) is 0. The third-order valence-electron chi connectivity index (χ3n) is 6.12. The zero-order valence-corrected chi connectivity index (χ0v) is 19.6. The van der Waals surface area contributed by atoms with Gasteiger partial charge in [-0.2, -0.15) is 0 Å². The highest BCUT2D eigenvalue weighted by atomic mass is 16.6. The Bertz CT molecular complexity index is 1220. The highest BCUT2D eigenvalue weighted by molar-refractivity contribution is 5.86. The van der Waals surface area contributed by atoms with E-state index in [4.69, 9.17) is 23.7 Å². The third-order valence-corrected chi connectivity index (χ3v) is 6.12. The monoisotopic (exact) mass is 476 g/mol. The summed E-state index contributed by atoms with van der Waals surface area (Å²) in [6, 6.07) is 7.59. The van der Waals surface area contributed by atoms with E-state index in [9.17, 15) is 4.79 Å². The van der Waals surface area contributed by atoms with Crippen LogP contribution in [0.5, 0.6) is 11.5 Å². The molecule has 3 heterocycles. The normalized spacial score (nSPS) is 19.3. The summed E-state index contributed by atoms with van der Waals surface area (Å²) in [4.78, 5) is 18.3. The quantitative estimate of drug-likeness (QED) is 0.437. The Hall–Kier alpha value is -3.94. The number of methoxy groups -OCH3 is 1. The molecule has 3 aliphatic rings. The molecule has 2 aliphatic heterocycles. The van der Waals surface area contributed by atoms with Crippen molar-refractivity contribution >= 4 is 17.0 Å². The van der Waals surface area contributed by atoms with Crippen molar-refractivity contribution in [2.75, 3.05) is 20.3 Å². The number of cyclic esters (lactones) is 1. The SMILES string of the molecule is COc1ccc2nccc(OCCCCC3CN(C4=COC=C(C5=CC=CCC5)O4)C(=O)O3)c2c1. The van der Waals surface area contributed by atoms with Crippen LogP contribution in [-0.4, -0.2) is 42.3 Å². The van der Waals surface area contributed by atoms with Gasteiger partial charge in [0.1, 0.15) is 23.9 Å². The second kappa shape index (κ2) is 10.5. The van der Waals surface area contributed by atoms with E-state index in [0.29, 0.717) is 24.8 Å². The number of unbranched alkanes of at least 4 members (excludes halogenated alkanes) is 1. The Morgan fingerprint density at radius 1 is 1.20 bits per heavy atom. The molecule has 1 amide bonds. The standard InChI is InChI=1S/C27H28N2O6/c1-31-20-10-11-23-22(15-20)24(12-13-28-23)33-14-6-5-9-21-16-29(27(30)34-21)26-18-32-17-25(35-26)19-7-3-2-4-8-19/h2-3,7,10-13,15,17-18,21H,4-6,8-9,14,16H2,1H3. The van der Waals surface area contributed by atoms with Gasteiger partial charge in [0.15, 0.2) is 12.0 Å². The number of rotatable bonds is 9. The molecule has 5 rings (SSSR count). The second-order valence-electron chi connectivity index (χ2n) is 8.49. The van der Waals surface area contributed by atoms with Crippen LogP contribution >= 0.6 is 0 Å². The summed E-state index contributed by atoms with van der Waals surface area (Å²) in [6.45, 7) is 0.983. The minimum atomic E-state index is -0.419. The van der Waals surface area contributed by atoms with Crippen LogP contribution in [0.15, 0.2) is 78.4 Å². The first-order chi connectivity index (χ1) is 17.2. The van der Waals surface area contributed by atoms with Crippen LogP contribution in [0.4, 0.5) is 4.79 Å². The first kappa shape index (κ1) is 22.8. The molecule has 35 heavy (non-hydrogen) atoms. The third kappa shape index (κ3) is 5.26. The molecule has 0 N–H and O–H groups in total. The van der Waals surface area contributed by atoms with Gasteiger partial charge in [0, 0.05) is 11.6 Å². The predicted octanol–water partition coefficient (Wildman–Crippen LogP) is 5.58. The Morgan fingerprint density at radius 3 is 3.00 bits per heavy atom. The molecule has 1 atom stereocenters. The van der Waals surface area contributed by atoms with Gasteiger partial charge < -0.3 is 23.7 Å². The summed E-state index contributed by atoms with van der Waals surface area (Å²) in [7, 11) is 1.64. The first-order valence-electron chi connectivity index (χ1n) is 11.8. The zero-order valence-electron chi connectivity index (χ0n) is 19.6. The maximum Gasteiger partial charge on any atom is 0.417 e. The van der Waals surface area contributed by atoms with Crippen LogP contribution in [0.3, 0.4) is 0 Å². The van der Waals surface area contributed by atoms with Crippen molar-refractivity contribution < 1.29 is 28.5 Å². The summed E-state index contributed by atoms with van der Waals surface area (Å²) in [5.74, 6) is 2.52. The Labute approximate surface area is 204 Å². The van der Waals surface area contributed by atoms with Gasteiger partial charge in [-0.25, -0.2) is 9.69 Å². The van der Waals surface area contributed by atoms with Gasteiger partial charge in [0.2, 0.25) is 5.88 Å². The molecule has 0 bridgehead atoms. The molecule has 182 valence electrons. The van der Waals surface area contributed by atoms with E-state index in [1.807, 2.05) is 36.4 Å². The van der Waals surface area contributed by atoms with E-state index in [1.165, 1.54) is 11.2 Å². The molecule has 1 fully saturated rings. The van der Waals surface area contributed by atoms with Gasteiger partial charge in [-0.1, -0.05) is 18.2 Å². The van der Waals surface area contributed by atoms with E-state index in [0.717, 1.165) is 60.1 Å². The van der Waals surface area contributed by atoms with Crippen molar-refractivity contribution in [1.29, 1.82) is 0 Å². The van der Waals surface area contributed by atoms with Crippen LogP contribution in [0, 0.1) is 0 Å². The number of aromatic nitrogens is 1. The van der Waals surface area contributed by atoms with Gasteiger partial charge in [-0.3, -0.25) is 4.98 Å². The van der Waals surface area contributed by atoms with Gasteiger partial charge in [0.05, 0.1) is 25.8 Å². The van der Waals surface area contributed by atoms with Crippen LogP contribution in [-0.2, 0) is 14.2 Å². The molecule has 0 radical (unpaired) electrons. The predicted molar refractivity (Wildman–Crippen MR) is 129 cm³/mol. The van der Waals surface area contributed by atoms with E-state index in [1.54, 1.807) is 19.6 Å². The fraction of sp³-hybridized carbons (Fsp3) is 0.333. The van der Waals surface area contributed by atoms with Gasteiger partial charge >= 0.3 is 6.09 Å². The molecule has 1 aromatic heterocycles. The molecule has 1 saturated heterocycles. The molecular weight excluding hydrogens is 448 g/mol. The topological polar surface area (TPSA) is 79.4 Å². The van der Waals surface area contributed by atoms with Crippen molar-refractivity contribution in [3.63, 3.8) is 0 Å². The van der Waals surface area contributed by atoms with Gasteiger partial charge in [-0.15, -0.1) is 0 Å². The number of pyridine rings is 1. The van der Waals surface area contributed by atoms with Crippen LogP contribution in [0.1, 0.15) is 32.1 Å². The Kier molecular flexibility index (Phi) is 6.88. The fourth-order valence-electron chi connectivity index (χ4n) is 4.24. The van der Waals surface area contributed by atoms with E-state index >= 15 is 0 Å². The number of allylic oxidation sites excluding steroid dienone is 4. The average Bonchev–Trinajstić information content (AvgIpc) is 3.29. The van der Waals surface area contributed by atoms with E-state index in [-0.39, 0.29) is 6.10 Å². The lowest BCUT2D eigenvalue weighted by molar-refractivity contribution is 0.116. The lowest BCUT2D eigenvalue weighted by Crippen LogP contribution is -2.27. The summed E-state index contributed by atoms with van der Waals surface area (Å²) in [5.41, 5.74) is 1.90. The number of amides is 1. The molecular formula is C27H28N2O6. The van der Waals surface area contributed by atoms with Gasteiger partial charge in [0.25, 0.3) is 0 Å². The van der Waals surface area contributed by atoms with Gasteiger partial charge in [-0.05, 0) is 61.9 Å². The van der Waals surface area contributed by atoms with Crippen LogP contribution in [0.25, 0.3) is 10.9 Å². The van der Waals surface area contributed by atoms with Crippen molar-refractivity contribution in [2.45, 2.75) is 38.2 Å². The summed E-state index contributed by atoms with van der Waals surface area (Å²) < 4.78 is 28.3. The summed E-state index contributed by atoms with van der Waals surface area (Å²) in [5, 5.41) is 0.920. The number of carbonyl (C=O) groups is 1. The summed E-state index contributed by atoms with van der Waals surface area (Å²) >= 11 is 0. The van der Waals surface area contributed by atoms with E-state index in [2.05, 4.69) is 11.1 Å². The number of ether oxygens (including phenoxy) is 5. The lowest BCUT2D eigenvalue weighted by atomic mass is 10.0. The van der Waals surface area contributed by atoms with E-state index < -0.39 is 6.09 Å². The molecule has 2 aromatic rings. The minimum absolute atomic E-state index is 0.204. The molecule has 8 nitrogen and oxygen atoms in total. The maximum atomic E-state index is 12.5. The number of hydrogen-bond acceptors (Lipinski definition) is 7. The average molecular weight is 477 g/mol. The number of benzene rings is 1. The second-order valence-corrected chi connectivity index (χ2v) is 8.49. The first-order valence-corrected chi connectivity index (χ1v) is 11.8. The highest BCUT2D eigenvalue weighted by Gasteiger charge is 2.36. The molecule has 0 saturated carbocycles. The van der Waals surface area contributed by atoms with Crippen LogP contribution in [0.2, 0.25) is 0 Å². The minimum Gasteiger partial charge on any atom is -0.497 e. The molecule has 1 aromatic carbocycles. The molecule has 8 heteroatoms. The van der Waals surface area contributed by atoms with Crippen molar-refractivity contribution in [1.82, 2.24) is 9.88 Å². The fourth-order valence-corrected chi connectivity index (χ4v) is 4.24. The Balaban J connectivity index is 1.09. The largest absolute Gasteiger partial charge is 0.497 e.